The summed E-state index contributed by atoms with van der Waals surface area (Å²) in [5.74, 6) is -0.108. The van der Waals surface area contributed by atoms with Crippen LogP contribution in [0.1, 0.15) is 55.9 Å². The van der Waals surface area contributed by atoms with Gasteiger partial charge in [-0.25, -0.2) is 0 Å². The number of carbonyl (C=O) groups excluding carboxylic acids is 1. The summed E-state index contributed by atoms with van der Waals surface area (Å²) >= 11 is 0. The molecule has 1 saturated carbocycles. The van der Waals surface area contributed by atoms with Crippen LogP contribution in [0, 0.1) is 5.41 Å². The number of nitrogens with one attached hydrogen (secondary N) is 1. The van der Waals surface area contributed by atoms with Crippen molar-refractivity contribution in [3.8, 4) is 0 Å². The van der Waals surface area contributed by atoms with Gasteiger partial charge in [-0.15, -0.1) is 5.10 Å². The van der Waals surface area contributed by atoms with E-state index in [9.17, 15) is 4.79 Å². The second kappa shape index (κ2) is 8.76. The summed E-state index contributed by atoms with van der Waals surface area (Å²) in [6.45, 7) is 8.18. The minimum Gasteiger partial charge on any atom is -0.379 e. The molecule has 1 amide bonds. The maximum Gasteiger partial charge on any atom is 0.273 e. The highest BCUT2D eigenvalue weighted by atomic mass is 16.5. The number of hydrogen-bond acceptors (Lipinski definition) is 5. The quantitative estimate of drug-likeness (QED) is 0.792. The van der Waals surface area contributed by atoms with Gasteiger partial charge in [0.1, 0.15) is 0 Å². The number of hydrogen-bond donors (Lipinski definition) is 1. The van der Waals surface area contributed by atoms with Crippen molar-refractivity contribution >= 4 is 5.91 Å². The van der Waals surface area contributed by atoms with Gasteiger partial charge in [-0.3, -0.25) is 14.4 Å². The molecule has 25 heavy (non-hydrogen) atoms. The summed E-state index contributed by atoms with van der Waals surface area (Å²) in [5.41, 5.74) is 0.637. The van der Waals surface area contributed by atoms with Crippen LogP contribution in [0.15, 0.2) is 6.20 Å². The normalized spacial score (nSPS) is 21.6. The number of morpholine rings is 1. The molecule has 1 aromatic rings. The molecule has 0 unspecified atom stereocenters. The van der Waals surface area contributed by atoms with Crippen molar-refractivity contribution in [2.75, 3.05) is 39.4 Å². The molecule has 1 aliphatic heterocycles. The summed E-state index contributed by atoms with van der Waals surface area (Å²) in [5, 5.41) is 11.2. The second-order valence-corrected chi connectivity index (χ2v) is 7.73. The average Bonchev–Trinajstić information content (AvgIpc) is 3.01. The first-order valence-corrected chi connectivity index (χ1v) is 9.63. The first kappa shape index (κ1) is 18.3. The Kier molecular flexibility index (Phi) is 6.42. The van der Waals surface area contributed by atoms with Crippen LogP contribution < -0.4 is 5.32 Å². The summed E-state index contributed by atoms with van der Waals surface area (Å²) in [6.07, 6.45) is 9.32. The summed E-state index contributed by atoms with van der Waals surface area (Å²) in [7, 11) is 0. The number of rotatable bonds is 6. The third kappa shape index (κ3) is 5.51. The number of amides is 1. The van der Waals surface area contributed by atoms with Gasteiger partial charge in [0.2, 0.25) is 0 Å². The van der Waals surface area contributed by atoms with E-state index in [4.69, 9.17) is 4.74 Å². The van der Waals surface area contributed by atoms with Crippen LogP contribution >= 0.6 is 0 Å². The fourth-order valence-corrected chi connectivity index (χ4v) is 3.72. The van der Waals surface area contributed by atoms with Crippen LogP contribution in [0.3, 0.4) is 0 Å². The fourth-order valence-electron chi connectivity index (χ4n) is 3.72. The number of ether oxygens (including phenoxy) is 1. The SMILES string of the molecule is CC1(CNC(=O)c2cn(CCN3CCOCC3)nn2)CCCCCC1. The molecule has 7 nitrogen and oxygen atoms in total. The third-order valence-corrected chi connectivity index (χ3v) is 5.51. The lowest BCUT2D eigenvalue weighted by atomic mass is 9.82. The van der Waals surface area contributed by atoms with Gasteiger partial charge in [-0.05, 0) is 18.3 Å². The minimum atomic E-state index is -0.108. The number of carbonyl (C=O) groups is 1. The molecule has 0 spiro atoms. The van der Waals surface area contributed by atoms with Crippen molar-refractivity contribution in [3.63, 3.8) is 0 Å². The monoisotopic (exact) mass is 349 g/mol. The molecule has 0 atom stereocenters. The highest BCUT2D eigenvalue weighted by Gasteiger charge is 2.26. The molecule has 1 aliphatic carbocycles. The first-order valence-electron chi connectivity index (χ1n) is 9.63. The molecule has 1 aromatic heterocycles. The molecular weight excluding hydrogens is 318 g/mol. The fraction of sp³-hybridized carbons (Fsp3) is 0.833. The van der Waals surface area contributed by atoms with Crippen LogP contribution in [0.4, 0.5) is 0 Å². The Hall–Kier alpha value is -1.47. The lowest BCUT2D eigenvalue weighted by molar-refractivity contribution is 0.0359. The molecule has 2 aliphatic rings. The van der Waals surface area contributed by atoms with Gasteiger partial charge >= 0.3 is 0 Å². The topological polar surface area (TPSA) is 72.3 Å². The van der Waals surface area contributed by atoms with Crippen LogP contribution in [0.25, 0.3) is 0 Å². The van der Waals surface area contributed by atoms with E-state index in [1.54, 1.807) is 10.9 Å². The minimum absolute atomic E-state index is 0.108. The Balaban J connectivity index is 1.45. The van der Waals surface area contributed by atoms with Crippen molar-refractivity contribution in [2.24, 2.45) is 5.41 Å². The molecule has 0 bridgehead atoms. The molecular formula is C18H31N5O2. The lowest BCUT2D eigenvalue weighted by Crippen LogP contribution is -2.38. The first-order chi connectivity index (χ1) is 12.1. The zero-order valence-electron chi connectivity index (χ0n) is 15.4. The van der Waals surface area contributed by atoms with Crippen LogP contribution in [-0.2, 0) is 11.3 Å². The van der Waals surface area contributed by atoms with E-state index in [2.05, 4.69) is 27.5 Å². The van der Waals surface area contributed by atoms with Crippen molar-refractivity contribution in [3.05, 3.63) is 11.9 Å². The van der Waals surface area contributed by atoms with Gasteiger partial charge in [-0.2, -0.15) is 0 Å². The van der Waals surface area contributed by atoms with Crippen molar-refractivity contribution in [2.45, 2.75) is 52.0 Å². The second-order valence-electron chi connectivity index (χ2n) is 7.73. The van der Waals surface area contributed by atoms with Gasteiger partial charge < -0.3 is 10.1 Å². The molecule has 2 heterocycles. The zero-order chi connectivity index (χ0) is 17.5. The molecule has 7 heteroatoms. The van der Waals surface area contributed by atoms with Gasteiger partial charge in [-0.1, -0.05) is 37.8 Å². The molecule has 140 valence electrons. The molecule has 3 rings (SSSR count). The van der Waals surface area contributed by atoms with E-state index in [1.807, 2.05) is 0 Å². The van der Waals surface area contributed by atoms with Crippen molar-refractivity contribution in [1.29, 1.82) is 0 Å². The highest BCUT2D eigenvalue weighted by Crippen LogP contribution is 2.33. The van der Waals surface area contributed by atoms with Gasteiger partial charge in [0.15, 0.2) is 5.69 Å². The molecule has 1 saturated heterocycles. The van der Waals surface area contributed by atoms with E-state index in [0.29, 0.717) is 5.69 Å². The van der Waals surface area contributed by atoms with Gasteiger partial charge in [0.25, 0.3) is 5.91 Å². The van der Waals surface area contributed by atoms with Crippen molar-refractivity contribution in [1.82, 2.24) is 25.2 Å². The Labute approximate surface area is 150 Å². The predicted octanol–water partition coefficient (Wildman–Crippen LogP) is 1.70. The largest absolute Gasteiger partial charge is 0.379 e. The Morgan fingerprint density at radius 3 is 2.64 bits per heavy atom. The van der Waals surface area contributed by atoms with E-state index < -0.39 is 0 Å². The van der Waals surface area contributed by atoms with Gasteiger partial charge in [0, 0.05) is 26.2 Å². The van der Waals surface area contributed by atoms with E-state index in [0.717, 1.165) is 45.9 Å². The molecule has 0 aromatic carbocycles. The number of aromatic nitrogens is 3. The van der Waals surface area contributed by atoms with Crippen LogP contribution in [0.5, 0.6) is 0 Å². The lowest BCUT2D eigenvalue weighted by Gasteiger charge is -2.28. The standard InChI is InChI=1S/C18H31N5O2/c1-18(6-4-2-3-5-7-18)15-19-17(24)16-14-23(21-20-16)9-8-22-10-12-25-13-11-22/h14H,2-13,15H2,1H3,(H,19,24). The summed E-state index contributed by atoms with van der Waals surface area (Å²) < 4.78 is 7.11. The number of nitrogens with zero attached hydrogens (tertiary/aromatic N) is 4. The third-order valence-electron chi connectivity index (χ3n) is 5.51. The summed E-state index contributed by atoms with van der Waals surface area (Å²) in [6, 6.07) is 0. The predicted molar refractivity (Wildman–Crippen MR) is 95.4 cm³/mol. The zero-order valence-corrected chi connectivity index (χ0v) is 15.4. The highest BCUT2D eigenvalue weighted by molar-refractivity contribution is 5.91. The molecule has 2 fully saturated rings. The maximum absolute atomic E-state index is 12.4. The maximum atomic E-state index is 12.4. The van der Waals surface area contributed by atoms with E-state index in [-0.39, 0.29) is 11.3 Å². The molecule has 0 radical (unpaired) electrons. The molecule has 1 N–H and O–H groups in total. The van der Waals surface area contributed by atoms with E-state index >= 15 is 0 Å². The smallest absolute Gasteiger partial charge is 0.273 e. The Bertz CT molecular complexity index is 545. The van der Waals surface area contributed by atoms with Crippen LogP contribution in [-0.4, -0.2) is 65.2 Å². The summed E-state index contributed by atoms with van der Waals surface area (Å²) in [4.78, 5) is 14.7. The van der Waals surface area contributed by atoms with Crippen LogP contribution in [0.2, 0.25) is 0 Å². The Morgan fingerprint density at radius 2 is 1.92 bits per heavy atom. The Morgan fingerprint density at radius 1 is 1.20 bits per heavy atom. The van der Waals surface area contributed by atoms with Gasteiger partial charge in [0.05, 0.1) is 26.0 Å². The average molecular weight is 349 g/mol. The van der Waals surface area contributed by atoms with Crippen molar-refractivity contribution < 1.29 is 9.53 Å². The van der Waals surface area contributed by atoms with E-state index in [1.165, 1.54) is 38.5 Å².